The zero-order chi connectivity index (χ0) is 39.2. The van der Waals surface area contributed by atoms with Crippen LogP contribution in [0.5, 0.6) is 0 Å². The lowest BCUT2D eigenvalue weighted by atomic mass is 9.96. The molecule has 0 aromatic heterocycles. The molecular weight excluding hydrogens is 725 g/mol. The molecule has 2 fully saturated rings. The normalized spacial score (nSPS) is 27.6. The van der Waals surface area contributed by atoms with Crippen LogP contribution in [0.3, 0.4) is 0 Å². The van der Waals surface area contributed by atoms with E-state index >= 15 is 0 Å². The number of ether oxygens (including phenoxy) is 8. The van der Waals surface area contributed by atoms with Gasteiger partial charge >= 0.3 is 0 Å². The van der Waals surface area contributed by atoms with Crippen molar-refractivity contribution in [3.05, 3.63) is 179 Å². The Morgan fingerprint density at radius 3 is 1.14 bits per heavy atom. The van der Waals surface area contributed by atoms with Crippen molar-refractivity contribution in [2.45, 2.75) is 101 Å². The topological polar surface area (TPSA) is 114 Å². The fourth-order valence-corrected chi connectivity index (χ4v) is 7.24. The van der Waals surface area contributed by atoms with Gasteiger partial charge in [-0.25, -0.2) is 0 Å². The maximum Gasteiger partial charge on any atom is 0.187 e. The van der Waals surface area contributed by atoms with E-state index in [9.17, 15) is 10.2 Å². The van der Waals surface area contributed by atoms with Gasteiger partial charge in [-0.1, -0.05) is 152 Å². The lowest BCUT2D eigenvalue weighted by Crippen LogP contribution is -2.65. The smallest absolute Gasteiger partial charge is 0.187 e. The maximum atomic E-state index is 11.4. The number of hydrogen-bond acceptors (Lipinski definition) is 10. The average molecular weight is 777 g/mol. The number of rotatable bonds is 18. The highest BCUT2D eigenvalue weighted by atomic mass is 16.7. The molecule has 300 valence electrons. The van der Waals surface area contributed by atoms with Crippen LogP contribution in [-0.2, 0) is 70.9 Å². The van der Waals surface area contributed by atoms with E-state index in [0.29, 0.717) is 6.61 Å². The van der Waals surface area contributed by atoms with Crippen molar-refractivity contribution >= 4 is 0 Å². The first kappa shape index (κ1) is 40.9. The summed E-state index contributed by atoms with van der Waals surface area (Å²) in [6.45, 7) is 2.69. The lowest BCUT2D eigenvalue weighted by molar-refractivity contribution is -0.370. The van der Waals surface area contributed by atoms with Crippen LogP contribution in [-0.4, -0.2) is 78.2 Å². The monoisotopic (exact) mass is 776 g/mol. The highest BCUT2D eigenvalue weighted by Crippen LogP contribution is 2.35. The molecule has 0 saturated carbocycles. The van der Waals surface area contributed by atoms with E-state index in [-0.39, 0.29) is 26.4 Å². The third-order valence-corrected chi connectivity index (χ3v) is 10.2. The van der Waals surface area contributed by atoms with Crippen LogP contribution in [0.25, 0.3) is 0 Å². The molecule has 2 aliphatic rings. The van der Waals surface area contributed by atoms with Crippen molar-refractivity contribution in [1.29, 1.82) is 0 Å². The van der Waals surface area contributed by atoms with Gasteiger partial charge in [0, 0.05) is 0 Å². The average Bonchev–Trinajstić information content (AvgIpc) is 3.26. The number of hydrogen-bond donors (Lipinski definition) is 2. The van der Waals surface area contributed by atoms with Crippen molar-refractivity contribution in [3.8, 4) is 0 Å². The Bertz CT molecular complexity index is 1850. The third kappa shape index (κ3) is 11.2. The maximum absolute atomic E-state index is 11.4. The van der Waals surface area contributed by atoms with Crippen LogP contribution < -0.4 is 0 Å². The summed E-state index contributed by atoms with van der Waals surface area (Å²) >= 11 is 0. The Kier molecular flexibility index (Phi) is 15.0. The van der Waals surface area contributed by atoms with E-state index in [1.807, 2.05) is 159 Å². The number of benzene rings is 5. The van der Waals surface area contributed by atoms with Gasteiger partial charge in [0.15, 0.2) is 12.6 Å². The largest absolute Gasteiger partial charge is 0.394 e. The Labute approximate surface area is 334 Å². The minimum absolute atomic E-state index is 0.184. The molecular formula is C47H52O10. The molecule has 10 nitrogen and oxygen atoms in total. The predicted octanol–water partition coefficient (Wildman–Crippen LogP) is 6.75. The molecule has 2 aliphatic heterocycles. The molecule has 2 saturated heterocycles. The zero-order valence-electron chi connectivity index (χ0n) is 32.1. The van der Waals surface area contributed by atoms with Gasteiger partial charge in [-0.3, -0.25) is 0 Å². The van der Waals surface area contributed by atoms with Crippen molar-refractivity contribution in [2.75, 3.05) is 6.61 Å². The van der Waals surface area contributed by atoms with Gasteiger partial charge in [0.2, 0.25) is 0 Å². The van der Waals surface area contributed by atoms with Crippen LogP contribution in [0.4, 0.5) is 0 Å². The molecule has 0 bridgehead atoms. The van der Waals surface area contributed by atoms with Crippen LogP contribution >= 0.6 is 0 Å². The summed E-state index contributed by atoms with van der Waals surface area (Å²) in [5.74, 6) is 0. The first-order valence-corrected chi connectivity index (χ1v) is 19.6. The molecule has 5 aromatic rings. The van der Waals surface area contributed by atoms with Crippen LogP contribution in [0.2, 0.25) is 0 Å². The van der Waals surface area contributed by atoms with Crippen molar-refractivity contribution < 1.29 is 48.1 Å². The molecule has 0 unspecified atom stereocenters. The van der Waals surface area contributed by atoms with Crippen LogP contribution in [0, 0.1) is 0 Å². The summed E-state index contributed by atoms with van der Waals surface area (Å²) in [7, 11) is 0. The Morgan fingerprint density at radius 1 is 0.421 bits per heavy atom. The molecule has 0 aliphatic carbocycles. The summed E-state index contributed by atoms with van der Waals surface area (Å²) in [6, 6.07) is 49.1. The van der Waals surface area contributed by atoms with Crippen LogP contribution in [0.1, 0.15) is 34.7 Å². The van der Waals surface area contributed by atoms with Crippen LogP contribution in [0.15, 0.2) is 152 Å². The molecule has 7 rings (SSSR count). The minimum Gasteiger partial charge on any atom is -0.394 e. The summed E-state index contributed by atoms with van der Waals surface area (Å²) in [4.78, 5) is 0. The standard InChI is InChI=1S/C47H52O10/c1-33-40(50-28-34-17-7-2-8-18-34)42(51-29-35-19-9-3-10-20-35)45(54-32-38-25-15-6-16-26-38)47(55-33)57-41-39(27-48)56-46(49)44(53-31-37-23-13-5-14-24-37)43(41)52-30-36-21-11-4-12-22-36/h2-26,33,39-49H,27-32H2,1H3/t33-,39+,40+,41-,42+,43-,44+,45-,46-,47+/m0/s1. The summed E-state index contributed by atoms with van der Waals surface area (Å²) in [5.41, 5.74) is 4.77. The highest BCUT2D eigenvalue weighted by Gasteiger charge is 2.53. The van der Waals surface area contributed by atoms with Gasteiger partial charge < -0.3 is 48.1 Å². The Morgan fingerprint density at radius 2 is 0.754 bits per heavy atom. The lowest BCUT2D eigenvalue weighted by Gasteiger charge is -2.49. The molecule has 2 heterocycles. The van der Waals surface area contributed by atoms with Crippen molar-refractivity contribution in [1.82, 2.24) is 0 Å². The second-order valence-electron chi connectivity index (χ2n) is 14.4. The quantitative estimate of drug-likeness (QED) is 0.0991. The molecule has 10 heteroatoms. The summed E-state index contributed by atoms with van der Waals surface area (Å²) in [5, 5.41) is 22.1. The first-order chi connectivity index (χ1) is 28.1. The van der Waals surface area contributed by atoms with E-state index in [0.717, 1.165) is 27.8 Å². The third-order valence-electron chi connectivity index (χ3n) is 10.2. The van der Waals surface area contributed by atoms with E-state index in [4.69, 9.17) is 37.9 Å². The minimum atomic E-state index is -1.42. The first-order valence-electron chi connectivity index (χ1n) is 19.6. The van der Waals surface area contributed by atoms with Crippen molar-refractivity contribution in [2.24, 2.45) is 0 Å². The number of aliphatic hydroxyl groups is 2. The van der Waals surface area contributed by atoms with Crippen molar-refractivity contribution in [3.63, 3.8) is 0 Å². The number of aliphatic hydroxyl groups excluding tert-OH is 2. The van der Waals surface area contributed by atoms with Gasteiger partial charge in [0.1, 0.15) is 42.7 Å². The second-order valence-corrected chi connectivity index (χ2v) is 14.4. The molecule has 2 N–H and O–H groups in total. The summed E-state index contributed by atoms with van der Waals surface area (Å²) < 4.78 is 52.9. The Balaban J connectivity index is 1.21. The molecule has 5 aromatic carbocycles. The van der Waals surface area contributed by atoms with Gasteiger partial charge in [0.25, 0.3) is 0 Å². The molecule has 0 spiro atoms. The van der Waals surface area contributed by atoms with Gasteiger partial charge in [-0.05, 0) is 34.7 Å². The van der Waals surface area contributed by atoms with Gasteiger partial charge in [-0.15, -0.1) is 0 Å². The van der Waals surface area contributed by atoms with E-state index in [1.54, 1.807) is 0 Å². The van der Waals surface area contributed by atoms with E-state index in [1.165, 1.54) is 0 Å². The molecule has 0 radical (unpaired) electrons. The van der Waals surface area contributed by atoms with E-state index in [2.05, 4.69) is 0 Å². The summed E-state index contributed by atoms with van der Waals surface area (Å²) in [6.07, 6.45) is -8.89. The fourth-order valence-electron chi connectivity index (χ4n) is 7.24. The molecule has 10 atom stereocenters. The predicted molar refractivity (Wildman–Crippen MR) is 212 cm³/mol. The SMILES string of the molecule is C[C@@H]1O[C@H](O[C@@H]2[C@H](OCc3ccccc3)[C@@H](OCc3ccccc3)[C@@H](O)O[C@@H]2CO)[C@@H](OCc2ccccc2)[C@H](OCc2ccccc2)[C@@H]1OCc1ccccc1. The second kappa shape index (κ2) is 20.9. The Hall–Kier alpha value is -4.30. The molecule has 57 heavy (non-hydrogen) atoms. The van der Waals surface area contributed by atoms with Gasteiger partial charge in [0.05, 0.1) is 45.7 Å². The highest BCUT2D eigenvalue weighted by molar-refractivity contribution is 5.17. The molecule has 0 amide bonds. The fraction of sp³-hybridized carbons (Fsp3) is 0.362. The zero-order valence-corrected chi connectivity index (χ0v) is 32.1. The van der Waals surface area contributed by atoms with Gasteiger partial charge in [-0.2, -0.15) is 0 Å². The van der Waals surface area contributed by atoms with E-state index < -0.39 is 68.0 Å².